The fourth-order valence-corrected chi connectivity index (χ4v) is 4.00. The van der Waals surface area contributed by atoms with Crippen LogP contribution in [0, 0.1) is 0 Å². The maximum absolute atomic E-state index is 12.9. The molecule has 10 heteroatoms. The van der Waals surface area contributed by atoms with E-state index in [1.165, 1.54) is 28.9 Å². The molecule has 0 aliphatic carbocycles. The Hall–Kier alpha value is -4.31. The number of rotatable bonds is 5. The van der Waals surface area contributed by atoms with E-state index in [4.69, 9.17) is 0 Å². The van der Waals surface area contributed by atoms with Gasteiger partial charge in [-0.15, -0.1) is 0 Å². The molecular weight excluding hydrogens is 456 g/mol. The summed E-state index contributed by atoms with van der Waals surface area (Å²) in [5.41, 5.74) is 5.22. The molecule has 34 heavy (non-hydrogen) atoms. The smallest absolute Gasteiger partial charge is 0.267 e. The second kappa shape index (κ2) is 9.28. The van der Waals surface area contributed by atoms with Crippen LogP contribution in [0.2, 0.25) is 0 Å². The van der Waals surface area contributed by atoms with Crippen molar-refractivity contribution in [3.63, 3.8) is 0 Å². The highest BCUT2D eigenvalue weighted by atomic mass is 32.2. The minimum atomic E-state index is -3.40. The van der Waals surface area contributed by atoms with Crippen LogP contribution in [0.3, 0.4) is 0 Å². The van der Waals surface area contributed by atoms with Crippen molar-refractivity contribution in [2.45, 2.75) is 11.4 Å². The van der Waals surface area contributed by atoms with E-state index in [0.717, 1.165) is 11.8 Å². The second-order valence-electron chi connectivity index (χ2n) is 7.55. The molecule has 0 atom stereocenters. The van der Waals surface area contributed by atoms with E-state index in [1.807, 2.05) is 30.3 Å². The topological polar surface area (TPSA) is 127 Å². The largest absolute Gasteiger partial charge is 0.290 e. The van der Waals surface area contributed by atoms with Crippen molar-refractivity contribution in [2.75, 3.05) is 6.26 Å². The van der Waals surface area contributed by atoms with Crippen LogP contribution in [0.25, 0.3) is 10.8 Å². The number of nitrogens with zero attached hydrogens (tertiary/aromatic N) is 2. The molecule has 0 radical (unpaired) electrons. The zero-order chi connectivity index (χ0) is 24.3. The monoisotopic (exact) mass is 476 g/mol. The molecule has 3 aromatic carbocycles. The van der Waals surface area contributed by atoms with E-state index >= 15 is 0 Å². The molecule has 172 valence electrons. The van der Waals surface area contributed by atoms with Gasteiger partial charge in [0.05, 0.1) is 16.8 Å². The summed E-state index contributed by atoms with van der Waals surface area (Å²) in [5.74, 6) is -1.35. The first-order chi connectivity index (χ1) is 16.2. The Morgan fingerprint density at radius 2 is 1.41 bits per heavy atom. The van der Waals surface area contributed by atoms with E-state index in [2.05, 4.69) is 16.0 Å². The molecule has 0 aliphatic heterocycles. The third-order valence-corrected chi connectivity index (χ3v) is 6.22. The third-order valence-electron chi connectivity index (χ3n) is 5.09. The average molecular weight is 477 g/mol. The Kier molecular flexibility index (Phi) is 6.24. The van der Waals surface area contributed by atoms with Gasteiger partial charge in [-0.2, -0.15) is 5.10 Å². The van der Waals surface area contributed by atoms with Crippen molar-refractivity contribution in [2.24, 2.45) is 0 Å². The fraction of sp³-hybridized carbons (Fsp3) is 0.0833. The van der Waals surface area contributed by atoms with Gasteiger partial charge in [-0.3, -0.25) is 25.2 Å². The van der Waals surface area contributed by atoms with Crippen molar-refractivity contribution in [3.8, 4) is 0 Å². The van der Waals surface area contributed by atoms with Crippen LogP contribution in [0.5, 0.6) is 0 Å². The van der Waals surface area contributed by atoms with Gasteiger partial charge < -0.3 is 0 Å². The number of carbonyl (C=O) groups is 2. The summed E-state index contributed by atoms with van der Waals surface area (Å²) in [5, 5.41) is 4.93. The van der Waals surface area contributed by atoms with Crippen LogP contribution >= 0.6 is 0 Å². The van der Waals surface area contributed by atoms with Gasteiger partial charge in [0.1, 0.15) is 0 Å². The molecule has 4 aromatic rings. The van der Waals surface area contributed by atoms with Gasteiger partial charge in [0.2, 0.25) is 0 Å². The van der Waals surface area contributed by atoms with Crippen LogP contribution in [-0.2, 0) is 16.4 Å². The first kappa shape index (κ1) is 22.9. The van der Waals surface area contributed by atoms with E-state index < -0.39 is 21.7 Å². The predicted octanol–water partition coefficient (Wildman–Crippen LogP) is 1.92. The quantitative estimate of drug-likeness (QED) is 0.424. The van der Waals surface area contributed by atoms with Crippen LogP contribution in [0.1, 0.15) is 26.4 Å². The van der Waals surface area contributed by atoms with Crippen LogP contribution in [0.15, 0.2) is 88.6 Å². The Balaban J connectivity index is 1.59. The summed E-state index contributed by atoms with van der Waals surface area (Å²) >= 11 is 0. The van der Waals surface area contributed by atoms with Crippen LogP contribution in [0.4, 0.5) is 0 Å². The zero-order valence-electron chi connectivity index (χ0n) is 18.1. The number of sulfone groups is 1. The molecule has 0 spiro atoms. The lowest BCUT2D eigenvalue weighted by molar-refractivity contribution is 0.0843. The van der Waals surface area contributed by atoms with Gasteiger partial charge in [-0.25, -0.2) is 13.1 Å². The molecule has 0 aliphatic rings. The van der Waals surface area contributed by atoms with Gasteiger partial charge in [0.25, 0.3) is 17.4 Å². The Morgan fingerprint density at radius 3 is 2.06 bits per heavy atom. The Morgan fingerprint density at radius 1 is 0.824 bits per heavy atom. The highest BCUT2D eigenvalue weighted by Gasteiger charge is 2.18. The van der Waals surface area contributed by atoms with E-state index in [-0.39, 0.29) is 28.3 Å². The lowest BCUT2D eigenvalue weighted by Crippen LogP contribution is -2.42. The first-order valence-electron chi connectivity index (χ1n) is 10.2. The highest BCUT2D eigenvalue weighted by Crippen LogP contribution is 2.14. The summed E-state index contributed by atoms with van der Waals surface area (Å²) in [6, 6.07) is 21.1. The maximum atomic E-state index is 12.9. The summed E-state index contributed by atoms with van der Waals surface area (Å²) in [7, 11) is -3.40. The normalized spacial score (nSPS) is 11.2. The first-order valence-corrected chi connectivity index (χ1v) is 12.1. The zero-order valence-corrected chi connectivity index (χ0v) is 18.9. The molecule has 0 saturated heterocycles. The molecule has 1 aromatic heterocycles. The van der Waals surface area contributed by atoms with Gasteiger partial charge in [-0.1, -0.05) is 48.5 Å². The summed E-state index contributed by atoms with van der Waals surface area (Å²) in [4.78, 5) is 38.3. The molecule has 9 nitrogen and oxygen atoms in total. The number of hydrogen-bond acceptors (Lipinski definition) is 6. The molecule has 1 heterocycles. The number of carbonyl (C=O) groups excluding carboxylic acids is 2. The molecule has 0 bridgehead atoms. The van der Waals surface area contributed by atoms with Crippen LogP contribution < -0.4 is 16.4 Å². The lowest BCUT2D eigenvalue weighted by Gasteiger charge is -2.12. The SMILES string of the molecule is CS(=O)(=O)c1ccc(C(=O)NNC(=O)c2nn(Cc3ccccc3)c(=O)c3ccccc23)cc1. The maximum Gasteiger partial charge on any atom is 0.290 e. The number of hydrogen-bond donors (Lipinski definition) is 2. The number of benzene rings is 3. The van der Waals surface area contributed by atoms with E-state index in [9.17, 15) is 22.8 Å². The van der Waals surface area contributed by atoms with Gasteiger partial charge in [-0.05, 0) is 35.9 Å². The number of hydrazine groups is 1. The molecular formula is C24H20N4O5S. The van der Waals surface area contributed by atoms with Gasteiger partial charge in [0, 0.05) is 17.2 Å². The summed E-state index contributed by atoms with van der Waals surface area (Å²) in [6.45, 7) is 0.170. The minimum absolute atomic E-state index is 0.0288. The van der Waals surface area contributed by atoms with Crippen molar-refractivity contribution in [3.05, 3.63) is 106 Å². The second-order valence-corrected chi connectivity index (χ2v) is 9.56. The number of aromatic nitrogens is 2. The Bertz CT molecular complexity index is 1550. The van der Waals surface area contributed by atoms with Crippen molar-refractivity contribution >= 4 is 32.4 Å². The van der Waals surface area contributed by atoms with E-state index in [0.29, 0.717) is 10.8 Å². The molecule has 4 rings (SSSR count). The summed E-state index contributed by atoms with van der Waals surface area (Å²) in [6.07, 6.45) is 1.07. The van der Waals surface area contributed by atoms with Crippen molar-refractivity contribution < 1.29 is 18.0 Å². The Labute approximate surface area is 194 Å². The standard InChI is InChI=1S/C24H20N4O5S/c1-34(32,33)18-13-11-17(12-14-18)22(29)25-26-23(30)21-19-9-5-6-10-20(19)24(31)28(27-21)15-16-7-3-2-4-8-16/h2-14H,15H2,1H3,(H,25,29)(H,26,30). The van der Waals surface area contributed by atoms with Crippen molar-refractivity contribution in [1.29, 1.82) is 0 Å². The number of fused-ring (bicyclic) bond motifs is 1. The third kappa shape index (κ3) is 4.86. The van der Waals surface area contributed by atoms with Gasteiger partial charge >= 0.3 is 0 Å². The molecule has 2 amide bonds. The van der Waals surface area contributed by atoms with E-state index in [1.54, 1.807) is 24.3 Å². The number of nitrogens with one attached hydrogen (secondary N) is 2. The average Bonchev–Trinajstić information content (AvgIpc) is 2.84. The van der Waals surface area contributed by atoms with Crippen molar-refractivity contribution in [1.82, 2.24) is 20.6 Å². The van der Waals surface area contributed by atoms with Gasteiger partial charge in [0.15, 0.2) is 15.5 Å². The molecule has 0 fully saturated rings. The highest BCUT2D eigenvalue weighted by molar-refractivity contribution is 7.90. The molecule has 0 unspecified atom stereocenters. The number of amides is 2. The summed E-state index contributed by atoms with van der Waals surface area (Å²) < 4.78 is 24.3. The van der Waals surface area contributed by atoms with Crippen LogP contribution in [-0.4, -0.2) is 36.3 Å². The molecule has 0 saturated carbocycles. The predicted molar refractivity (Wildman–Crippen MR) is 126 cm³/mol. The minimum Gasteiger partial charge on any atom is -0.267 e. The fourth-order valence-electron chi connectivity index (χ4n) is 3.36. The molecule has 2 N–H and O–H groups in total. The lowest BCUT2D eigenvalue weighted by atomic mass is 10.1.